The Morgan fingerprint density at radius 3 is 2.77 bits per heavy atom. The average molecular weight is 318 g/mol. The van der Waals surface area contributed by atoms with Crippen LogP contribution in [0, 0.1) is 10.1 Å². The van der Waals surface area contributed by atoms with Crippen LogP contribution in [0.25, 0.3) is 0 Å². The molecular weight excluding hydrogens is 306 g/mol. The van der Waals surface area contributed by atoms with Crippen molar-refractivity contribution in [1.29, 1.82) is 0 Å². The molecule has 0 bridgehead atoms. The SMILES string of the molecule is CC1=CN(c2ccccc2Cl)CN=C1n1cc([N+](=O)[O-])cn1. The summed E-state index contributed by atoms with van der Waals surface area (Å²) in [5.74, 6) is 0.580. The molecule has 0 saturated carbocycles. The second-order valence-electron chi connectivity index (χ2n) is 4.76. The van der Waals surface area contributed by atoms with Crippen molar-refractivity contribution in [1.82, 2.24) is 9.78 Å². The fourth-order valence-electron chi connectivity index (χ4n) is 2.21. The van der Waals surface area contributed by atoms with Crippen molar-refractivity contribution < 1.29 is 4.92 Å². The zero-order chi connectivity index (χ0) is 15.7. The molecule has 0 spiro atoms. The number of hydrogen-bond acceptors (Lipinski definition) is 5. The van der Waals surface area contributed by atoms with Gasteiger partial charge in [-0.25, -0.2) is 9.67 Å². The van der Waals surface area contributed by atoms with E-state index >= 15 is 0 Å². The van der Waals surface area contributed by atoms with Crippen LogP contribution in [0.2, 0.25) is 5.02 Å². The summed E-state index contributed by atoms with van der Waals surface area (Å²) in [6, 6.07) is 7.49. The zero-order valence-corrected chi connectivity index (χ0v) is 12.4. The highest BCUT2D eigenvalue weighted by molar-refractivity contribution is 6.33. The van der Waals surface area contributed by atoms with E-state index in [1.165, 1.54) is 17.1 Å². The number of nitrogens with zero attached hydrogens (tertiary/aromatic N) is 5. The molecule has 0 unspecified atom stereocenters. The third-order valence-corrected chi connectivity index (χ3v) is 3.55. The van der Waals surface area contributed by atoms with Crippen LogP contribution in [0.3, 0.4) is 0 Å². The number of anilines is 1. The van der Waals surface area contributed by atoms with Crippen LogP contribution in [-0.2, 0) is 0 Å². The lowest BCUT2D eigenvalue weighted by molar-refractivity contribution is -0.384. The molecule has 0 radical (unpaired) electrons. The molecular formula is C14H12ClN5O2. The van der Waals surface area contributed by atoms with Crippen molar-refractivity contribution in [3.8, 4) is 0 Å². The average Bonchev–Trinajstić information content (AvgIpc) is 2.97. The Kier molecular flexibility index (Phi) is 3.64. The van der Waals surface area contributed by atoms with Gasteiger partial charge in [-0.05, 0) is 19.1 Å². The molecule has 2 aromatic rings. The molecule has 1 aliphatic heterocycles. The number of allylic oxidation sites excluding steroid dienone is 1. The number of nitro groups is 1. The van der Waals surface area contributed by atoms with Crippen molar-refractivity contribution in [3.05, 3.63) is 63.6 Å². The fourth-order valence-corrected chi connectivity index (χ4v) is 2.45. The van der Waals surface area contributed by atoms with Crippen molar-refractivity contribution in [3.63, 3.8) is 0 Å². The molecule has 0 fully saturated rings. The summed E-state index contributed by atoms with van der Waals surface area (Å²) >= 11 is 6.18. The van der Waals surface area contributed by atoms with Crippen molar-refractivity contribution >= 4 is 28.8 Å². The van der Waals surface area contributed by atoms with Gasteiger partial charge in [0.15, 0.2) is 5.84 Å². The maximum absolute atomic E-state index is 10.7. The number of aromatic nitrogens is 2. The summed E-state index contributed by atoms with van der Waals surface area (Å²) < 4.78 is 1.41. The van der Waals surface area contributed by atoms with Gasteiger partial charge in [-0.2, -0.15) is 5.10 Å². The number of rotatable bonds is 2. The van der Waals surface area contributed by atoms with E-state index in [0.29, 0.717) is 17.5 Å². The van der Waals surface area contributed by atoms with E-state index in [0.717, 1.165) is 11.3 Å². The summed E-state index contributed by atoms with van der Waals surface area (Å²) in [4.78, 5) is 16.6. The van der Waals surface area contributed by atoms with E-state index in [-0.39, 0.29) is 5.69 Å². The summed E-state index contributed by atoms with van der Waals surface area (Å²) in [5, 5.41) is 15.4. The fraction of sp³-hybridized carbons (Fsp3) is 0.143. The van der Waals surface area contributed by atoms with Crippen LogP contribution in [0.1, 0.15) is 6.92 Å². The Bertz CT molecular complexity index is 796. The minimum Gasteiger partial charge on any atom is -0.326 e. The standard InChI is InChI=1S/C14H12ClN5O2/c1-10-7-18(13-5-3-2-4-12(13)15)9-16-14(10)19-8-11(6-17-19)20(21)22/h2-8H,9H2,1H3. The molecule has 0 saturated heterocycles. The van der Waals surface area contributed by atoms with Crippen LogP contribution >= 0.6 is 11.6 Å². The monoisotopic (exact) mass is 317 g/mol. The second kappa shape index (κ2) is 5.61. The first-order valence-electron chi connectivity index (χ1n) is 6.50. The van der Waals surface area contributed by atoms with Crippen LogP contribution in [-0.4, -0.2) is 27.2 Å². The second-order valence-corrected chi connectivity index (χ2v) is 5.16. The quantitative estimate of drug-likeness (QED) is 0.630. The van der Waals surface area contributed by atoms with E-state index in [1.807, 2.05) is 42.3 Å². The van der Waals surface area contributed by atoms with Gasteiger partial charge in [-0.1, -0.05) is 23.7 Å². The lowest BCUT2D eigenvalue weighted by Gasteiger charge is -2.25. The van der Waals surface area contributed by atoms with E-state index in [1.54, 1.807) is 0 Å². The highest BCUT2D eigenvalue weighted by Gasteiger charge is 2.18. The van der Waals surface area contributed by atoms with Crippen LogP contribution in [0.5, 0.6) is 0 Å². The van der Waals surface area contributed by atoms with E-state index in [4.69, 9.17) is 11.6 Å². The van der Waals surface area contributed by atoms with E-state index < -0.39 is 4.92 Å². The molecule has 1 aromatic carbocycles. The lowest BCUT2D eigenvalue weighted by Crippen LogP contribution is -2.27. The largest absolute Gasteiger partial charge is 0.326 e. The van der Waals surface area contributed by atoms with Crippen molar-refractivity contribution in [2.45, 2.75) is 6.92 Å². The predicted octanol–water partition coefficient (Wildman–Crippen LogP) is 3.07. The number of aliphatic imine (C=N–C) groups is 1. The predicted molar refractivity (Wildman–Crippen MR) is 84.3 cm³/mol. The van der Waals surface area contributed by atoms with Gasteiger partial charge in [0.1, 0.15) is 19.1 Å². The Morgan fingerprint density at radius 2 is 2.14 bits per heavy atom. The molecule has 0 aliphatic carbocycles. The number of benzene rings is 1. The Labute approximate surface area is 131 Å². The van der Waals surface area contributed by atoms with Crippen molar-refractivity contribution in [2.75, 3.05) is 11.6 Å². The smallest absolute Gasteiger partial charge is 0.307 e. The Morgan fingerprint density at radius 1 is 1.36 bits per heavy atom. The molecule has 3 rings (SSSR count). The number of halogens is 1. The minimum absolute atomic E-state index is 0.0657. The molecule has 0 amide bonds. The summed E-state index contributed by atoms with van der Waals surface area (Å²) in [5.41, 5.74) is 1.63. The van der Waals surface area contributed by atoms with Gasteiger partial charge in [0.05, 0.1) is 15.6 Å². The summed E-state index contributed by atoms with van der Waals surface area (Å²) in [6.07, 6.45) is 4.45. The third-order valence-electron chi connectivity index (χ3n) is 3.23. The molecule has 0 atom stereocenters. The first kappa shape index (κ1) is 14.3. The van der Waals surface area contributed by atoms with Gasteiger partial charge in [0, 0.05) is 11.8 Å². The highest BCUT2D eigenvalue weighted by Crippen LogP contribution is 2.27. The number of hydrogen-bond donors (Lipinski definition) is 0. The molecule has 0 N–H and O–H groups in total. The summed E-state index contributed by atoms with van der Waals surface area (Å²) in [6.45, 7) is 2.24. The van der Waals surface area contributed by atoms with Crippen LogP contribution in [0.15, 0.2) is 53.4 Å². The van der Waals surface area contributed by atoms with Gasteiger partial charge in [-0.3, -0.25) is 10.1 Å². The molecule has 1 aromatic heterocycles. The molecule has 8 heteroatoms. The molecule has 112 valence electrons. The maximum atomic E-state index is 10.7. The van der Waals surface area contributed by atoms with Gasteiger partial charge in [0.25, 0.3) is 0 Å². The Hall–Kier alpha value is -2.67. The molecule has 1 aliphatic rings. The van der Waals surface area contributed by atoms with Crippen molar-refractivity contribution in [2.24, 2.45) is 4.99 Å². The first-order chi connectivity index (χ1) is 10.6. The Balaban J connectivity index is 1.88. The first-order valence-corrected chi connectivity index (χ1v) is 6.88. The lowest BCUT2D eigenvalue weighted by atomic mass is 10.2. The van der Waals surface area contributed by atoms with Crippen LogP contribution in [0.4, 0.5) is 11.4 Å². The number of para-hydroxylation sites is 1. The van der Waals surface area contributed by atoms with Crippen LogP contribution < -0.4 is 4.90 Å². The molecule has 22 heavy (non-hydrogen) atoms. The van der Waals surface area contributed by atoms with Gasteiger partial charge in [0.2, 0.25) is 0 Å². The topological polar surface area (TPSA) is 76.6 Å². The summed E-state index contributed by atoms with van der Waals surface area (Å²) in [7, 11) is 0. The maximum Gasteiger partial charge on any atom is 0.307 e. The van der Waals surface area contributed by atoms with Gasteiger partial charge >= 0.3 is 5.69 Å². The normalized spacial score (nSPS) is 14.5. The highest BCUT2D eigenvalue weighted by atomic mass is 35.5. The molecule has 7 nitrogen and oxygen atoms in total. The minimum atomic E-state index is -0.484. The van der Waals surface area contributed by atoms with Gasteiger partial charge < -0.3 is 4.90 Å². The van der Waals surface area contributed by atoms with Gasteiger partial charge in [-0.15, -0.1) is 0 Å². The third kappa shape index (κ3) is 2.58. The zero-order valence-electron chi connectivity index (χ0n) is 11.7. The van der Waals surface area contributed by atoms with E-state index in [2.05, 4.69) is 10.1 Å². The molecule has 2 heterocycles. The van der Waals surface area contributed by atoms with E-state index in [9.17, 15) is 10.1 Å².